The number of esters is 1. The number of fused-ring (bicyclic) bond motifs is 1. The summed E-state index contributed by atoms with van der Waals surface area (Å²) in [5.41, 5.74) is 6.36. The maximum Gasteiger partial charge on any atom is 0.337 e. The van der Waals surface area contributed by atoms with Gasteiger partial charge in [-0.3, -0.25) is 4.79 Å². The van der Waals surface area contributed by atoms with Crippen molar-refractivity contribution < 1.29 is 19.1 Å². The molecular formula is C25H22N4O4. The zero-order chi connectivity index (χ0) is 23.0. The van der Waals surface area contributed by atoms with Crippen LogP contribution in [-0.2, 0) is 22.7 Å². The molecule has 8 nitrogen and oxygen atoms in total. The molecule has 0 fully saturated rings. The van der Waals surface area contributed by atoms with Crippen molar-refractivity contribution in [3.63, 3.8) is 0 Å². The number of nitrogens with zero attached hydrogens (tertiary/aromatic N) is 3. The summed E-state index contributed by atoms with van der Waals surface area (Å²) in [5.74, 6) is -0.0288. The van der Waals surface area contributed by atoms with Crippen molar-refractivity contribution in [1.82, 2.24) is 15.0 Å². The zero-order valence-corrected chi connectivity index (χ0v) is 18.0. The van der Waals surface area contributed by atoms with Gasteiger partial charge in [0.15, 0.2) is 0 Å². The molecule has 0 aliphatic heterocycles. The first-order valence-electron chi connectivity index (χ1n) is 10.2. The topological polar surface area (TPSA) is 94.8 Å². The molecule has 3 aromatic carbocycles. The number of hydrogen-bond acceptors (Lipinski definition) is 6. The molecule has 0 aliphatic carbocycles. The van der Waals surface area contributed by atoms with E-state index < -0.39 is 0 Å². The lowest BCUT2D eigenvalue weighted by molar-refractivity contribution is -0.121. The average molecular weight is 442 g/mol. The van der Waals surface area contributed by atoms with Crippen molar-refractivity contribution in [2.45, 2.75) is 13.2 Å². The first kappa shape index (κ1) is 21.8. The third-order valence-corrected chi connectivity index (χ3v) is 4.92. The van der Waals surface area contributed by atoms with Crippen LogP contribution in [0.15, 0.2) is 84.2 Å². The summed E-state index contributed by atoms with van der Waals surface area (Å²) in [4.78, 5) is 28.1. The summed E-state index contributed by atoms with van der Waals surface area (Å²) in [6.07, 6.45) is 3.18. The SMILES string of the molecule is COC(=O)c1ccc(COc2ccccc2/C=N\NC(=O)Cn2cnc3ccccc32)cc1. The molecule has 1 amide bonds. The number of hydrazone groups is 1. The fourth-order valence-corrected chi connectivity index (χ4v) is 3.23. The van der Waals surface area contributed by atoms with Crippen LogP contribution in [0.5, 0.6) is 5.75 Å². The summed E-state index contributed by atoms with van der Waals surface area (Å²) in [5, 5.41) is 4.07. The van der Waals surface area contributed by atoms with Gasteiger partial charge in [-0.15, -0.1) is 0 Å². The maximum atomic E-state index is 12.3. The number of para-hydroxylation sites is 3. The van der Waals surface area contributed by atoms with Crippen LogP contribution in [-0.4, -0.2) is 34.8 Å². The van der Waals surface area contributed by atoms with Crippen molar-refractivity contribution in [3.8, 4) is 5.75 Å². The second kappa shape index (κ2) is 10.2. The Labute approximate surface area is 190 Å². The second-order valence-electron chi connectivity index (χ2n) is 7.17. The minimum atomic E-state index is -0.382. The van der Waals surface area contributed by atoms with Crippen molar-refractivity contribution in [2.75, 3.05) is 7.11 Å². The van der Waals surface area contributed by atoms with Gasteiger partial charge in [0, 0.05) is 5.56 Å². The van der Waals surface area contributed by atoms with E-state index in [9.17, 15) is 9.59 Å². The van der Waals surface area contributed by atoms with Crippen LogP contribution in [0.25, 0.3) is 11.0 Å². The van der Waals surface area contributed by atoms with Crippen molar-refractivity contribution >= 4 is 29.1 Å². The minimum absolute atomic E-state index is 0.109. The van der Waals surface area contributed by atoms with E-state index in [1.165, 1.54) is 7.11 Å². The maximum absolute atomic E-state index is 12.3. The van der Waals surface area contributed by atoms with Gasteiger partial charge in [-0.2, -0.15) is 5.10 Å². The van der Waals surface area contributed by atoms with Crippen LogP contribution in [0.2, 0.25) is 0 Å². The standard InChI is InChI=1S/C25H22N4O4/c1-32-25(31)19-12-10-18(11-13-19)16-33-23-9-5-2-6-20(23)14-27-28-24(30)15-29-17-26-21-7-3-4-8-22(21)29/h2-14,17H,15-16H2,1H3,(H,28,30)/b27-14-. The number of carbonyl (C=O) groups excluding carboxylic acids is 2. The highest BCUT2D eigenvalue weighted by Gasteiger charge is 2.07. The molecular weight excluding hydrogens is 420 g/mol. The first-order valence-corrected chi connectivity index (χ1v) is 10.2. The van der Waals surface area contributed by atoms with Crippen molar-refractivity contribution in [2.24, 2.45) is 5.10 Å². The zero-order valence-electron chi connectivity index (χ0n) is 18.0. The van der Waals surface area contributed by atoms with E-state index in [4.69, 9.17) is 9.47 Å². The third-order valence-electron chi connectivity index (χ3n) is 4.92. The summed E-state index contributed by atoms with van der Waals surface area (Å²) >= 11 is 0. The molecule has 0 radical (unpaired) electrons. The number of nitrogens with one attached hydrogen (secondary N) is 1. The number of ether oxygens (including phenoxy) is 2. The molecule has 1 heterocycles. The lowest BCUT2D eigenvalue weighted by Gasteiger charge is -2.09. The molecule has 0 aliphatic rings. The summed E-state index contributed by atoms with van der Waals surface area (Å²) in [6, 6.07) is 22.0. The van der Waals surface area contributed by atoms with Gasteiger partial charge in [-0.05, 0) is 42.0 Å². The highest BCUT2D eigenvalue weighted by molar-refractivity contribution is 5.89. The van der Waals surface area contributed by atoms with E-state index in [0.29, 0.717) is 17.9 Å². The monoisotopic (exact) mass is 442 g/mol. The van der Waals surface area contributed by atoms with Gasteiger partial charge in [0.25, 0.3) is 5.91 Å². The van der Waals surface area contributed by atoms with Gasteiger partial charge in [0.1, 0.15) is 18.9 Å². The van der Waals surface area contributed by atoms with Crippen LogP contribution in [0.3, 0.4) is 0 Å². The first-order chi connectivity index (χ1) is 16.1. The molecule has 33 heavy (non-hydrogen) atoms. The molecule has 1 aromatic heterocycles. The van der Waals surface area contributed by atoms with E-state index in [-0.39, 0.29) is 18.4 Å². The van der Waals surface area contributed by atoms with E-state index in [2.05, 4.69) is 15.5 Å². The van der Waals surface area contributed by atoms with Crippen LogP contribution in [0.4, 0.5) is 0 Å². The van der Waals surface area contributed by atoms with Crippen LogP contribution < -0.4 is 10.2 Å². The molecule has 0 bridgehead atoms. The van der Waals surface area contributed by atoms with E-state index in [1.807, 2.05) is 60.7 Å². The number of imidazole rings is 1. The third kappa shape index (κ3) is 5.43. The van der Waals surface area contributed by atoms with Crippen molar-refractivity contribution in [1.29, 1.82) is 0 Å². The quantitative estimate of drug-likeness (QED) is 0.256. The number of benzene rings is 3. The molecule has 4 rings (SSSR count). The second-order valence-corrected chi connectivity index (χ2v) is 7.17. The van der Waals surface area contributed by atoms with Gasteiger partial charge >= 0.3 is 5.97 Å². The van der Waals surface area contributed by atoms with Gasteiger partial charge in [0.2, 0.25) is 0 Å². The van der Waals surface area contributed by atoms with Gasteiger partial charge in [0.05, 0.1) is 36.2 Å². The van der Waals surface area contributed by atoms with Crippen molar-refractivity contribution in [3.05, 3.63) is 95.8 Å². The van der Waals surface area contributed by atoms with Crippen LogP contribution >= 0.6 is 0 Å². The lowest BCUT2D eigenvalue weighted by Crippen LogP contribution is -2.22. The smallest absolute Gasteiger partial charge is 0.337 e. The average Bonchev–Trinajstić information content (AvgIpc) is 3.26. The number of hydrogen-bond donors (Lipinski definition) is 1. The molecule has 8 heteroatoms. The number of amides is 1. The Morgan fingerprint density at radius 3 is 2.61 bits per heavy atom. The molecule has 0 atom stereocenters. The van der Waals surface area contributed by atoms with Gasteiger partial charge < -0.3 is 14.0 Å². The van der Waals surface area contributed by atoms with E-state index >= 15 is 0 Å². The predicted molar refractivity (Wildman–Crippen MR) is 124 cm³/mol. The Morgan fingerprint density at radius 2 is 1.79 bits per heavy atom. The van der Waals surface area contributed by atoms with Crippen LogP contribution in [0.1, 0.15) is 21.5 Å². The number of aromatic nitrogens is 2. The summed E-state index contributed by atoms with van der Waals surface area (Å²) in [7, 11) is 1.35. The molecule has 166 valence electrons. The van der Waals surface area contributed by atoms with Gasteiger partial charge in [-0.25, -0.2) is 15.2 Å². The normalized spacial score (nSPS) is 10.9. The molecule has 4 aromatic rings. The largest absolute Gasteiger partial charge is 0.488 e. The minimum Gasteiger partial charge on any atom is -0.488 e. The fourth-order valence-electron chi connectivity index (χ4n) is 3.23. The van der Waals surface area contributed by atoms with E-state index in [0.717, 1.165) is 22.2 Å². The Hall–Kier alpha value is -4.46. The summed E-state index contributed by atoms with van der Waals surface area (Å²) in [6.45, 7) is 0.421. The number of methoxy groups -OCH3 is 1. The lowest BCUT2D eigenvalue weighted by atomic mass is 10.1. The Bertz CT molecular complexity index is 1300. The Morgan fingerprint density at radius 1 is 1.03 bits per heavy atom. The number of carbonyl (C=O) groups is 2. The van der Waals surface area contributed by atoms with Crippen LogP contribution in [0, 0.1) is 0 Å². The molecule has 1 N–H and O–H groups in total. The molecule has 0 unspecified atom stereocenters. The van der Waals surface area contributed by atoms with Gasteiger partial charge in [-0.1, -0.05) is 36.4 Å². The Balaban J connectivity index is 1.35. The number of rotatable bonds is 8. The highest BCUT2D eigenvalue weighted by Crippen LogP contribution is 2.18. The molecule has 0 saturated carbocycles. The summed E-state index contributed by atoms with van der Waals surface area (Å²) < 4.78 is 12.4. The highest BCUT2D eigenvalue weighted by atomic mass is 16.5. The van der Waals surface area contributed by atoms with E-state index in [1.54, 1.807) is 29.2 Å². The Kier molecular flexibility index (Phi) is 6.75. The molecule has 0 spiro atoms. The fraction of sp³-hybridized carbons (Fsp3) is 0.120. The predicted octanol–water partition coefficient (Wildman–Crippen LogP) is 3.55. The molecule has 0 saturated heterocycles.